The van der Waals surface area contributed by atoms with Crippen molar-refractivity contribution in [1.29, 1.82) is 0 Å². The summed E-state index contributed by atoms with van der Waals surface area (Å²) in [5.74, 6) is 0.744. The Balaban J connectivity index is 1.35. The van der Waals surface area contributed by atoms with E-state index in [0.29, 0.717) is 18.0 Å². The Bertz CT molecular complexity index is 873. The molecular formula is C23H27ClN4O. The Morgan fingerprint density at radius 1 is 0.966 bits per heavy atom. The zero-order valence-electron chi connectivity index (χ0n) is 16.6. The van der Waals surface area contributed by atoms with E-state index in [1.54, 1.807) is 6.20 Å². The van der Waals surface area contributed by atoms with E-state index in [1.165, 1.54) is 31.4 Å². The molecule has 0 radical (unpaired) electrons. The van der Waals surface area contributed by atoms with Crippen LogP contribution in [0.5, 0.6) is 0 Å². The van der Waals surface area contributed by atoms with Crippen LogP contribution < -0.4 is 15.1 Å². The van der Waals surface area contributed by atoms with Crippen LogP contribution in [0.1, 0.15) is 32.1 Å². The maximum atomic E-state index is 12.7. The predicted molar refractivity (Wildman–Crippen MR) is 120 cm³/mol. The van der Waals surface area contributed by atoms with Crippen molar-refractivity contribution in [3.05, 3.63) is 59.3 Å². The molecule has 1 amide bonds. The van der Waals surface area contributed by atoms with Crippen LogP contribution in [0.2, 0.25) is 5.02 Å². The molecule has 0 bridgehead atoms. The average Bonchev–Trinajstić information content (AvgIpc) is 3.04. The van der Waals surface area contributed by atoms with Gasteiger partial charge in [0.15, 0.2) is 0 Å². The van der Waals surface area contributed by atoms with Gasteiger partial charge >= 0.3 is 0 Å². The van der Waals surface area contributed by atoms with E-state index in [4.69, 9.17) is 11.6 Å². The summed E-state index contributed by atoms with van der Waals surface area (Å²) in [6, 6.07) is 11.9. The first kappa shape index (κ1) is 19.8. The van der Waals surface area contributed by atoms with Crippen LogP contribution in [-0.4, -0.2) is 37.1 Å². The van der Waals surface area contributed by atoms with Crippen LogP contribution >= 0.6 is 11.6 Å². The Hall–Kier alpha value is -2.53. The second-order valence-electron chi connectivity index (χ2n) is 7.64. The molecule has 2 aromatic rings. The molecule has 5 nitrogen and oxygen atoms in total. The average molecular weight is 411 g/mol. The first-order valence-electron chi connectivity index (χ1n) is 10.4. The van der Waals surface area contributed by atoms with E-state index in [9.17, 15) is 4.79 Å². The molecule has 1 aromatic carbocycles. The highest BCUT2D eigenvalue weighted by atomic mass is 35.5. The number of benzene rings is 1. The Morgan fingerprint density at radius 3 is 2.38 bits per heavy atom. The summed E-state index contributed by atoms with van der Waals surface area (Å²) in [5.41, 5.74) is 2.89. The van der Waals surface area contributed by atoms with E-state index in [2.05, 4.69) is 32.2 Å². The maximum absolute atomic E-state index is 12.7. The minimum Gasteiger partial charge on any atom is -0.372 e. The van der Waals surface area contributed by atoms with Crippen LogP contribution in [0.15, 0.2) is 54.2 Å². The standard InChI is InChI=1S/C23H27ClN4O/c24-21-6-5-13-25-22(21)28-16-11-18(12-17-28)23(29)26-19-7-9-20(10-8-19)27-14-3-1-2-4-15-27/h5-11,13H,1-4,12,14-17H2,(H,26,29). The number of aromatic nitrogens is 1. The third kappa shape index (κ3) is 4.91. The van der Waals surface area contributed by atoms with E-state index in [-0.39, 0.29) is 5.91 Å². The number of nitrogens with one attached hydrogen (secondary N) is 1. The molecule has 0 atom stereocenters. The smallest absolute Gasteiger partial charge is 0.251 e. The van der Waals surface area contributed by atoms with Gasteiger partial charge in [0.1, 0.15) is 5.82 Å². The van der Waals surface area contributed by atoms with Gasteiger partial charge in [-0.1, -0.05) is 30.5 Å². The molecule has 29 heavy (non-hydrogen) atoms. The monoisotopic (exact) mass is 410 g/mol. The zero-order valence-corrected chi connectivity index (χ0v) is 17.4. The normalized spacial score (nSPS) is 17.5. The lowest BCUT2D eigenvalue weighted by Gasteiger charge is -2.27. The maximum Gasteiger partial charge on any atom is 0.251 e. The van der Waals surface area contributed by atoms with E-state index >= 15 is 0 Å². The molecule has 0 spiro atoms. The number of amides is 1. The number of nitrogens with zero attached hydrogens (tertiary/aromatic N) is 3. The van der Waals surface area contributed by atoms with Gasteiger partial charge in [-0.15, -0.1) is 0 Å². The molecule has 2 aliphatic heterocycles. The molecule has 0 aliphatic carbocycles. The van der Waals surface area contributed by atoms with Crippen molar-refractivity contribution in [3.63, 3.8) is 0 Å². The Morgan fingerprint density at radius 2 is 1.72 bits per heavy atom. The molecule has 0 unspecified atom stereocenters. The van der Waals surface area contributed by atoms with Crippen LogP contribution in [0.4, 0.5) is 17.2 Å². The lowest BCUT2D eigenvalue weighted by molar-refractivity contribution is -0.113. The second-order valence-corrected chi connectivity index (χ2v) is 8.04. The van der Waals surface area contributed by atoms with Gasteiger partial charge < -0.3 is 15.1 Å². The SMILES string of the molecule is O=C(Nc1ccc(N2CCCCCC2)cc1)C1=CCN(c2ncccc2Cl)CC1. The number of carbonyl (C=O) groups is 1. The van der Waals surface area contributed by atoms with Gasteiger partial charge in [-0.3, -0.25) is 4.79 Å². The summed E-state index contributed by atoms with van der Waals surface area (Å²) in [6.07, 6.45) is 9.54. The molecule has 2 aliphatic rings. The van der Waals surface area contributed by atoms with Gasteiger partial charge in [-0.2, -0.15) is 0 Å². The number of hydrogen-bond donors (Lipinski definition) is 1. The summed E-state index contributed by atoms with van der Waals surface area (Å²) in [5, 5.41) is 3.67. The first-order valence-corrected chi connectivity index (χ1v) is 10.8. The summed E-state index contributed by atoms with van der Waals surface area (Å²) in [6.45, 7) is 3.60. The van der Waals surface area contributed by atoms with Crippen molar-refractivity contribution >= 4 is 34.7 Å². The number of rotatable bonds is 4. The fourth-order valence-corrected chi connectivity index (χ4v) is 4.21. The molecule has 1 aromatic heterocycles. The molecule has 1 N–H and O–H groups in total. The molecule has 1 saturated heterocycles. The number of carbonyl (C=O) groups excluding carboxylic acids is 1. The van der Waals surface area contributed by atoms with Crippen molar-refractivity contribution in [2.75, 3.05) is 41.3 Å². The van der Waals surface area contributed by atoms with Gasteiger partial charge in [-0.25, -0.2) is 4.98 Å². The minimum atomic E-state index is -0.0284. The Labute approximate surface area is 177 Å². The summed E-state index contributed by atoms with van der Waals surface area (Å²) < 4.78 is 0. The number of pyridine rings is 1. The molecule has 6 heteroatoms. The van der Waals surface area contributed by atoms with Crippen molar-refractivity contribution in [3.8, 4) is 0 Å². The number of anilines is 3. The van der Waals surface area contributed by atoms with Crippen LogP contribution in [0.3, 0.4) is 0 Å². The molecule has 4 rings (SSSR count). The highest BCUT2D eigenvalue weighted by Gasteiger charge is 2.19. The lowest BCUT2D eigenvalue weighted by atomic mass is 10.1. The van der Waals surface area contributed by atoms with Crippen molar-refractivity contribution < 1.29 is 4.79 Å². The summed E-state index contributed by atoms with van der Waals surface area (Å²) >= 11 is 6.23. The fourth-order valence-electron chi connectivity index (χ4n) is 3.97. The van der Waals surface area contributed by atoms with Gasteiger partial charge in [-0.05, 0) is 55.7 Å². The van der Waals surface area contributed by atoms with Crippen LogP contribution in [0.25, 0.3) is 0 Å². The van der Waals surface area contributed by atoms with E-state index in [1.807, 2.05) is 30.3 Å². The molecule has 0 saturated carbocycles. The Kier molecular flexibility index (Phi) is 6.35. The highest BCUT2D eigenvalue weighted by Crippen LogP contribution is 2.26. The fraction of sp³-hybridized carbons (Fsp3) is 0.391. The van der Waals surface area contributed by atoms with Gasteiger partial charge in [0.05, 0.1) is 5.02 Å². The summed E-state index contributed by atoms with van der Waals surface area (Å²) in [7, 11) is 0. The third-order valence-electron chi connectivity index (χ3n) is 5.64. The lowest BCUT2D eigenvalue weighted by Crippen LogP contribution is -2.32. The molecule has 152 valence electrons. The largest absolute Gasteiger partial charge is 0.372 e. The van der Waals surface area contributed by atoms with Crippen molar-refractivity contribution in [2.24, 2.45) is 0 Å². The quantitative estimate of drug-likeness (QED) is 0.779. The minimum absolute atomic E-state index is 0.0284. The highest BCUT2D eigenvalue weighted by molar-refractivity contribution is 6.32. The van der Waals surface area contributed by atoms with E-state index in [0.717, 1.165) is 36.7 Å². The zero-order chi connectivity index (χ0) is 20.1. The predicted octanol–water partition coefficient (Wildman–Crippen LogP) is 4.89. The summed E-state index contributed by atoms with van der Waals surface area (Å²) in [4.78, 5) is 21.5. The van der Waals surface area contributed by atoms with Crippen molar-refractivity contribution in [2.45, 2.75) is 32.1 Å². The molecule has 1 fully saturated rings. The van der Waals surface area contributed by atoms with Gasteiger partial charge in [0.2, 0.25) is 0 Å². The second kappa shape index (κ2) is 9.31. The molecule has 3 heterocycles. The first-order chi connectivity index (χ1) is 14.2. The van der Waals surface area contributed by atoms with Gasteiger partial charge in [0, 0.05) is 49.3 Å². The van der Waals surface area contributed by atoms with Crippen molar-refractivity contribution in [1.82, 2.24) is 4.98 Å². The molecular weight excluding hydrogens is 384 g/mol. The topological polar surface area (TPSA) is 48.5 Å². The van der Waals surface area contributed by atoms with Gasteiger partial charge in [0.25, 0.3) is 5.91 Å². The van der Waals surface area contributed by atoms with E-state index < -0.39 is 0 Å². The number of hydrogen-bond acceptors (Lipinski definition) is 4. The van der Waals surface area contributed by atoms with Crippen LogP contribution in [-0.2, 0) is 4.79 Å². The van der Waals surface area contributed by atoms with Crippen LogP contribution in [0, 0.1) is 0 Å². The number of halogens is 1. The third-order valence-corrected chi connectivity index (χ3v) is 5.93.